The van der Waals surface area contributed by atoms with E-state index in [2.05, 4.69) is 0 Å². The molecule has 220 valence electrons. The normalized spacial score (nSPS) is 17.0. The minimum Gasteiger partial charge on any atom is -0.493 e. The van der Waals surface area contributed by atoms with Crippen molar-refractivity contribution in [3.05, 3.63) is 124 Å². The van der Waals surface area contributed by atoms with Gasteiger partial charge in [0.2, 0.25) is 10.0 Å². The van der Waals surface area contributed by atoms with E-state index in [1.807, 2.05) is 80.6 Å². The number of rotatable bonds is 11. The number of aryl methyl sites for hydroxylation is 2. The molecule has 0 bridgehead atoms. The summed E-state index contributed by atoms with van der Waals surface area (Å²) >= 11 is 0. The van der Waals surface area contributed by atoms with Crippen LogP contribution in [0, 0.1) is 13.8 Å². The van der Waals surface area contributed by atoms with Crippen LogP contribution in [-0.2, 0) is 39.1 Å². The lowest BCUT2D eigenvalue weighted by atomic mass is 9.90. The number of fused-ring (bicyclic) bond motifs is 1. The van der Waals surface area contributed by atoms with Crippen LogP contribution in [0.1, 0.15) is 39.4 Å². The molecule has 0 aromatic heterocycles. The summed E-state index contributed by atoms with van der Waals surface area (Å²) in [4.78, 5) is 0.192. The molecule has 0 unspecified atom stereocenters. The maximum absolute atomic E-state index is 14.4. The van der Waals surface area contributed by atoms with E-state index >= 15 is 0 Å². The average Bonchev–Trinajstić information content (AvgIpc) is 3.00. The van der Waals surface area contributed by atoms with Crippen molar-refractivity contribution < 1.29 is 27.4 Å². The topological polar surface area (TPSA) is 74.3 Å². The molecule has 4 aromatic carbocycles. The number of sulfonamides is 1. The van der Waals surface area contributed by atoms with Crippen molar-refractivity contribution in [2.24, 2.45) is 0 Å². The standard InChI is InChI=1S/C34H37NO6S/c1-24-15-17-29(18-16-24)42(36,37)35-30(23-40-21-26-11-7-5-8-12-26)32-28(20-31(35)38-3)19-25(2)33(39-4)34(32)41-22-27-13-9-6-10-14-27/h5-19,30-31H,20-23H2,1-4H3/t30-,31+/m0/s1. The first-order chi connectivity index (χ1) is 20.3. The summed E-state index contributed by atoms with van der Waals surface area (Å²) in [5, 5.41) is 0. The number of hydrogen-bond acceptors (Lipinski definition) is 6. The summed E-state index contributed by atoms with van der Waals surface area (Å²) in [5.74, 6) is 1.09. The van der Waals surface area contributed by atoms with Gasteiger partial charge in [0, 0.05) is 19.1 Å². The van der Waals surface area contributed by atoms with Crippen molar-refractivity contribution in [2.45, 2.75) is 50.6 Å². The first-order valence-electron chi connectivity index (χ1n) is 13.9. The molecule has 0 saturated heterocycles. The molecular formula is C34H37NO6S. The fourth-order valence-corrected chi connectivity index (χ4v) is 7.17. The second-order valence-corrected chi connectivity index (χ2v) is 12.3. The van der Waals surface area contributed by atoms with Crippen molar-refractivity contribution >= 4 is 10.0 Å². The quantitative estimate of drug-likeness (QED) is 0.203. The number of benzene rings is 4. The third kappa shape index (κ3) is 6.22. The van der Waals surface area contributed by atoms with Gasteiger partial charge < -0.3 is 18.9 Å². The molecule has 0 fully saturated rings. The van der Waals surface area contributed by atoms with Crippen molar-refractivity contribution in [3.8, 4) is 11.5 Å². The van der Waals surface area contributed by atoms with Gasteiger partial charge in [-0.25, -0.2) is 8.42 Å². The minimum atomic E-state index is -4.01. The molecular weight excluding hydrogens is 550 g/mol. The second kappa shape index (κ2) is 13.1. The molecule has 4 aromatic rings. The summed E-state index contributed by atoms with van der Waals surface area (Å²) < 4.78 is 54.6. The van der Waals surface area contributed by atoms with Gasteiger partial charge in [-0.15, -0.1) is 0 Å². The first-order valence-corrected chi connectivity index (χ1v) is 15.4. The predicted octanol–water partition coefficient (Wildman–Crippen LogP) is 6.37. The molecule has 1 aliphatic rings. The van der Waals surface area contributed by atoms with Gasteiger partial charge in [-0.2, -0.15) is 4.31 Å². The summed E-state index contributed by atoms with van der Waals surface area (Å²) in [5.41, 5.74) is 5.51. The molecule has 0 radical (unpaired) electrons. The van der Waals surface area contributed by atoms with E-state index in [1.165, 1.54) is 4.31 Å². The first kappa shape index (κ1) is 29.8. The number of ether oxygens (including phenoxy) is 4. The Labute approximate surface area is 248 Å². The van der Waals surface area contributed by atoms with Crippen LogP contribution < -0.4 is 9.47 Å². The molecule has 2 atom stereocenters. The molecule has 42 heavy (non-hydrogen) atoms. The Balaban J connectivity index is 1.63. The Morgan fingerprint density at radius 3 is 2.02 bits per heavy atom. The van der Waals surface area contributed by atoms with E-state index in [0.29, 0.717) is 31.1 Å². The van der Waals surface area contributed by atoms with Crippen LogP contribution in [0.4, 0.5) is 0 Å². The highest BCUT2D eigenvalue weighted by atomic mass is 32.2. The van der Waals surface area contributed by atoms with E-state index in [9.17, 15) is 8.42 Å². The Bertz CT molecular complexity index is 1590. The molecule has 0 spiro atoms. The van der Waals surface area contributed by atoms with Crippen LogP contribution in [-0.4, -0.2) is 39.8 Å². The zero-order chi connectivity index (χ0) is 29.7. The molecule has 1 heterocycles. The average molecular weight is 588 g/mol. The van der Waals surface area contributed by atoms with Gasteiger partial charge in [0.1, 0.15) is 12.8 Å². The third-order valence-corrected chi connectivity index (χ3v) is 9.46. The van der Waals surface area contributed by atoms with Gasteiger partial charge in [0.25, 0.3) is 0 Å². The van der Waals surface area contributed by atoms with Gasteiger partial charge in [-0.05, 0) is 48.2 Å². The second-order valence-electron chi connectivity index (χ2n) is 10.5. The molecule has 1 aliphatic heterocycles. The summed E-state index contributed by atoms with van der Waals surface area (Å²) in [6.07, 6.45) is -0.401. The summed E-state index contributed by atoms with van der Waals surface area (Å²) in [6.45, 7) is 4.60. The number of methoxy groups -OCH3 is 2. The van der Waals surface area contributed by atoms with E-state index < -0.39 is 22.3 Å². The Kier molecular flexibility index (Phi) is 9.28. The third-order valence-electron chi connectivity index (χ3n) is 7.55. The number of hydrogen-bond donors (Lipinski definition) is 0. The Morgan fingerprint density at radius 1 is 0.810 bits per heavy atom. The van der Waals surface area contributed by atoms with Crippen LogP contribution in [0.25, 0.3) is 0 Å². The zero-order valence-corrected chi connectivity index (χ0v) is 25.3. The molecule has 8 heteroatoms. The van der Waals surface area contributed by atoms with Crippen molar-refractivity contribution in [2.75, 3.05) is 20.8 Å². The highest BCUT2D eigenvalue weighted by molar-refractivity contribution is 7.89. The fraction of sp³-hybridized carbons (Fsp3) is 0.294. The highest BCUT2D eigenvalue weighted by Gasteiger charge is 2.45. The van der Waals surface area contributed by atoms with Gasteiger partial charge in [-0.3, -0.25) is 0 Å². The fourth-order valence-electron chi connectivity index (χ4n) is 5.48. The van der Waals surface area contributed by atoms with Crippen LogP contribution >= 0.6 is 0 Å². The van der Waals surface area contributed by atoms with E-state index in [-0.39, 0.29) is 11.5 Å². The zero-order valence-electron chi connectivity index (χ0n) is 24.4. The lowest BCUT2D eigenvalue weighted by molar-refractivity contribution is -0.0363. The maximum Gasteiger partial charge on any atom is 0.245 e. The van der Waals surface area contributed by atoms with Crippen LogP contribution in [0.5, 0.6) is 11.5 Å². The Morgan fingerprint density at radius 2 is 1.43 bits per heavy atom. The summed E-state index contributed by atoms with van der Waals surface area (Å²) in [7, 11) is -0.865. The van der Waals surface area contributed by atoms with Crippen molar-refractivity contribution in [1.29, 1.82) is 0 Å². The smallest absolute Gasteiger partial charge is 0.245 e. The van der Waals surface area contributed by atoms with Crippen LogP contribution in [0.3, 0.4) is 0 Å². The van der Waals surface area contributed by atoms with Gasteiger partial charge >= 0.3 is 0 Å². The molecule has 0 aliphatic carbocycles. The van der Waals surface area contributed by atoms with E-state index in [0.717, 1.165) is 33.4 Å². The van der Waals surface area contributed by atoms with Gasteiger partial charge in [-0.1, -0.05) is 84.4 Å². The lowest BCUT2D eigenvalue weighted by Crippen LogP contribution is -2.49. The molecule has 0 saturated carbocycles. The maximum atomic E-state index is 14.4. The molecule has 0 amide bonds. The van der Waals surface area contributed by atoms with Gasteiger partial charge in [0.15, 0.2) is 11.5 Å². The molecule has 7 nitrogen and oxygen atoms in total. The predicted molar refractivity (Wildman–Crippen MR) is 162 cm³/mol. The van der Waals surface area contributed by atoms with Crippen molar-refractivity contribution in [1.82, 2.24) is 4.31 Å². The Hall–Kier alpha value is -3.69. The van der Waals surface area contributed by atoms with E-state index in [4.69, 9.17) is 18.9 Å². The van der Waals surface area contributed by atoms with Crippen molar-refractivity contribution in [3.63, 3.8) is 0 Å². The van der Waals surface area contributed by atoms with Crippen LogP contribution in [0.15, 0.2) is 95.9 Å². The van der Waals surface area contributed by atoms with Gasteiger partial charge in [0.05, 0.1) is 31.3 Å². The molecule has 5 rings (SSSR count). The largest absolute Gasteiger partial charge is 0.493 e. The van der Waals surface area contributed by atoms with E-state index in [1.54, 1.807) is 38.5 Å². The summed E-state index contributed by atoms with van der Waals surface area (Å²) in [6, 6.07) is 27.8. The lowest BCUT2D eigenvalue weighted by Gasteiger charge is -2.42. The minimum absolute atomic E-state index is 0.0841. The van der Waals surface area contributed by atoms with Crippen LogP contribution in [0.2, 0.25) is 0 Å². The monoisotopic (exact) mass is 587 g/mol. The highest BCUT2D eigenvalue weighted by Crippen LogP contribution is 2.48. The SMILES string of the molecule is COc1c(C)cc2c(c1OCc1ccccc1)[C@H](COCc1ccccc1)N(S(=O)(=O)c1ccc(C)cc1)[C@H](OC)C2. The molecule has 0 N–H and O–H groups in total. The number of nitrogens with zero attached hydrogens (tertiary/aromatic N) is 1.